The van der Waals surface area contributed by atoms with Crippen LogP contribution in [0, 0.1) is 5.82 Å². The van der Waals surface area contributed by atoms with Gasteiger partial charge in [0.25, 0.3) is 0 Å². The number of carbonyl (C=O) groups excluding carboxylic acids is 1. The molecule has 16 heteroatoms. The van der Waals surface area contributed by atoms with Crippen molar-refractivity contribution >= 4 is 60.8 Å². The Kier molecular flexibility index (Phi) is 46.0. The maximum atomic E-state index is 13.0. The maximum Gasteiger partial charge on any atom is 0.323 e. The summed E-state index contributed by atoms with van der Waals surface area (Å²) < 4.78 is 24.0. The molecule has 0 amide bonds. The van der Waals surface area contributed by atoms with Crippen LogP contribution in [0.4, 0.5) is 15.8 Å². The number of hydrogen-bond donors (Lipinski definition) is 0. The van der Waals surface area contributed by atoms with Crippen molar-refractivity contribution in [3.63, 3.8) is 0 Å². The molecule has 0 N–H and O–H groups in total. The summed E-state index contributed by atoms with van der Waals surface area (Å²) in [6, 6.07) is 95.2. The molecule has 0 radical (unpaired) electrons. The third-order valence-corrected chi connectivity index (χ3v) is 29.9. The number of carbonyl (C=O) groups is 1. The van der Waals surface area contributed by atoms with Gasteiger partial charge in [-0.2, -0.15) is 13.1 Å². The molecule has 5 heterocycles. The Balaban J connectivity index is 0.000000154. The lowest BCUT2D eigenvalue weighted by molar-refractivity contribution is -0.142. The molecule has 1 atom stereocenters. The number of cyclic esters (lactones) is 1. The Morgan fingerprint density at radius 3 is 1.12 bits per heavy atom. The molecule has 10 aromatic rings. The van der Waals surface area contributed by atoms with Gasteiger partial charge in [-0.1, -0.05) is 237 Å². The van der Waals surface area contributed by atoms with Crippen molar-refractivity contribution in [2.75, 3.05) is 172 Å². The molecule has 5 aliphatic heterocycles. The fraction of sp³-hybridized carbons (Fsp3) is 0.443. The molecule has 1 unspecified atom stereocenters. The predicted octanol–water partition coefficient (Wildman–Crippen LogP) is 23.9. The first-order chi connectivity index (χ1) is 60.3. The Morgan fingerprint density at radius 1 is 0.377 bits per heavy atom. The van der Waals surface area contributed by atoms with E-state index in [-0.39, 0.29) is 39.6 Å². The van der Waals surface area contributed by atoms with Crippen LogP contribution in [-0.2, 0) is 42.2 Å². The summed E-state index contributed by atoms with van der Waals surface area (Å²) in [6.07, 6.45) is 21.3. The molecule has 0 spiro atoms. The van der Waals surface area contributed by atoms with Crippen molar-refractivity contribution in [1.29, 1.82) is 0 Å². The van der Waals surface area contributed by atoms with Gasteiger partial charge in [-0.05, 0) is 186 Å². The lowest BCUT2D eigenvalue weighted by Gasteiger charge is -2.36. The summed E-state index contributed by atoms with van der Waals surface area (Å²) in [7, 11) is 0.434. The van der Waals surface area contributed by atoms with E-state index < -0.39 is 0 Å². The number of anilines is 2. The van der Waals surface area contributed by atoms with E-state index in [1.54, 1.807) is 17.0 Å². The minimum atomic E-state index is -0.158. The molecule has 5 aliphatic rings. The highest BCUT2D eigenvalue weighted by Crippen LogP contribution is 2.36. The molecule has 0 aromatic heterocycles. The van der Waals surface area contributed by atoms with Gasteiger partial charge in [0.1, 0.15) is 29.1 Å². The van der Waals surface area contributed by atoms with Crippen molar-refractivity contribution in [2.24, 2.45) is 0 Å². The summed E-state index contributed by atoms with van der Waals surface area (Å²) in [6.45, 7) is 33.0. The first kappa shape index (κ1) is 96.2. The van der Waals surface area contributed by atoms with Gasteiger partial charge in [0.15, 0.2) is 34.3 Å². The second-order valence-electron chi connectivity index (χ2n) is 31.8. The van der Waals surface area contributed by atoms with Crippen LogP contribution in [0.5, 0.6) is 5.75 Å². The normalized spacial score (nSPS) is 15.8. The summed E-state index contributed by atoms with van der Waals surface area (Å²) in [5.74, 6) is 3.63. The Labute approximate surface area is 743 Å². The van der Waals surface area contributed by atoms with Crippen LogP contribution in [-0.4, -0.2) is 194 Å². The highest BCUT2D eigenvalue weighted by molar-refractivity contribution is 7.97. The quantitative estimate of drug-likeness (QED) is 0.0213. The van der Waals surface area contributed by atoms with E-state index in [2.05, 4.69) is 322 Å². The molecule has 5 fully saturated rings. The van der Waals surface area contributed by atoms with E-state index in [4.69, 9.17) is 9.47 Å². The highest BCUT2D eigenvalue weighted by atomic mass is 32.2. The number of esters is 1. The van der Waals surface area contributed by atoms with Gasteiger partial charge in [0, 0.05) is 118 Å². The number of fused-ring (bicyclic) bond motifs is 1. The molecule has 0 bridgehead atoms. The van der Waals surface area contributed by atoms with E-state index >= 15 is 0 Å². The third-order valence-electron chi connectivity index (χ3n) is 22.9. The van der Waals surface area contributed by atoms with Crippen molar-refractivity contribution in [3.8, 4) is 5.75 Å². The van der Waals surface area contributed by atoms with Crippen LogP contribution in [0.3, 0.4) is 0 Å². The number of halogens is 1. The molecule has 0 aliphatic carbocycles. The van der Waals surface area contributed by atoms with Crippen molar-refractivity contribution in [3.05, 3.63) is 295 Å². The lowest BCUT2D eigenvalue weighted by Crippen LogP contribution is -2.51. The molecule has 122 heavy (non-hydrogen) atoms. The van der Waals surface area contributed by atoms with Gasteiger partial charge >= 0.3 is 5.97 Å². The summed E-state index contributed by atoms with van der Waals surface area (Å²) in [4.78, 5) is 36.1. The van der Waals surface area contributed by atoms with Crippen molar-refractivity contribution in [2.45, 2.75) is 177 Å². The largest absolute Gasteiger partial charge is 0.662 e. The minimum Gasteiger partial charge on any atom is -0.662 e. The molecular weight excluding hydrogens is 1560 g/mol. The molecule has 12 nitrogen and oxygen atoms in total. The molecule has 10 aromatic carbocycles. The zero-order valence-corrected chi connectivity index (χ0v) is 76.6. The molecule has 15 rings (SSSR count). The molecule has 5 saturated heterocycles. The number of rotatable bonds is 38. The second kappa shape index (κ2) is 58.3. The van der Waals surface area contributed by atoms with Crippen LogP contribution in [0.15, 0.2) is 307 Å². The standard InChI is InChI=1S/C20H33FN3.C18H23OS.2C18H15S.C17H28N3.C15H28N3O2/c1-2-3-5-12-22-13-6-4-7-14-23-15-17-24(18-16-23)20-10-8-19(21)9-11-20;1-2-3-12-19-17-10-11-18(20-13-6-7-14-20)16-9-5-4-8-15(16)17;2*1-4-10-16(11-5-1)19(17-12-6-2-7-13-17)18-14-8-3-9-15-18;1-2-18-11-7-4-8-12-19-13-15-20(16-14-19)17-9-5-3-6-10-17;1-2-16-7-4-3-5-8-17-9-11-18(12-10-17)14-6-13-20-15(14)19/h8-11H,2-7,12-18H2,1H3;4-5,8-11H,2-3,6-7,12-14H2,1H3;2*1-15H;3,5-6,9-10H,2,4,7-8,11-16H2,1H3;14H,2-13H2,1H3/q-1;3*+1;2*-1. The minimum absolute atomic E-state index is 0.0146. The molecular formula is C106H142FN9O3S3. The average molecular weight is 1710 g/mol. The van der Waals surface area contributed by atoms with Gasteiger partial charge in [0.05, 0.1) is 35.0 Å². The summed E-state index contributed by atoms with van der Waals surface area (Å²) in [5, 5.41) is 16.0. The number of benzene rings is 10. The fourth-order valence-electron chi connectivity index (χ4n) is 16.0. The van der Waals surface area contributed by atoms with E-state index in [1.807, 2.05) is 12.1 Å². The van der Waals surface area contributed by atoms with Gasteiger partial charge in [-0.3, -0.25) is 19.5 Å². The first-order valence-electron chi connectivity index (χ1n) is 46.2. The first-order valence-corrected chi connectivity index (χ1v) is 50.2. The van der Waals surface area contributed by atoms with Crippen LogP contribution < -0.4 is 14.5 Å². The number of unbranched alkanes of at least 4 members (excludes halogenated alkanes) is 9. The fourth-order valence-corrected chi connectivity index (χ4v) is 22.7. The smallest absolute Gasteiger partial charge is 0.323 e. The van der Waals surface area contributed by atoms with Gasteiger partial charge < -0.3 is 40.1 Å². The van der Waals surface area contributed by atoms with Crippen molar-refractivity contribution < 1.29 is 18.7 Å². The topological polar surface area (TPSA) is 97.3 Å². The van der Waals surface area contributed by atoms with Crippen molar-refractivity contribution in [1.82, 2.24) is 19.6 Å². The predicted molar refractivity (Wildman–Crippen MR) is 521 cm³/mol. The zero-order valence-electron chi connectivity index (χ0n) is 74.1. The second-order valence-corrected chi connectivity index (χ2v) is 38.1. The SMILES string of the molecule is CCCCC[N-]CCCCCN1CCN(c2ccc(F)cc2)CC1.CCCCOc1ccc([S+]2CCCC2)c2ccccc12.CC[N-]CCCCCN1CCN(C2CCOC2=O)CC1.CC[N-]CCCCCN1CCN(c2ccccc2)CC1.c1ccc([S+](c2ccccc2)c2ccccc2)cc1.c1ccc([S+](c2ccccc2)c2ccccc2)cc1. The Bertz CT molecular complexity index is 3990. The van der Waals surface area contributed by atoms with Gasteiger partial charge in [-0.25, -0.2) is 4.39 Å². The van der Waals surface area contributed by atoms with E-state index in [9.17, 15) is 9.18 Å². The van der Waals surface area contributed by atoms with Crippen LogP contribution in [0.2, 0.25) is 0 Å². The Hall–Kier alpha value is -7.97. The van der Waals surface area contributed by atoms with Gasteiger partial charge in [-0.15, -0.1) is 26.2 Å². The van der Waals surface area contributed by atoms with Gasteiger partial charge in [0.2, 0.25) is 0 Å². The summed E-state index contributed by atoms with van der Waals surface area (Å²) >= 11 is 0. The van der Waals surface area contributed by atoms with E-state index in [1.165, 1.54) is 186 Å². The monoisotopic (exact) mass is 1700 g/mol. The third kappa shape index (κ3) is 34.2. The average Bonchev–Trinajstić information content (AvgIpc) is 1.35. The van der Waals surface area contributed by atoms with E-state index in [0.29, 0.717) is 17.5 Å². The van der Waals surface area contributed by atoms with E-state index in [0.717, 1.165) is 136 Å². The van der Waals surface area contributed by atoms with Crippen LogP contribution in [0.25, 0.3) is 26.7 Å². The van der Waals surface area contributed by atoms with Crippen LogP contribution in [0.1, 0.15) is 137 Å². The van der Waals surface area contributed by atoms with Crippen LogP contribution >= 0.6 is 0 Å². The lowest BCUT2D eigenvalue weighted by atomic mass is 10.1. The summed E-state index contributed by atoms with van der Waals surface area (Å²) in [5.41, 5.74) is 2.51. The number of piperazine rings is 3. The molecule has 654 valence electrons. The highest BCUT2D eigenvalue weighted by Gasteiger charge is 2.35. The molecule has 0 saturated carbocycles. The number of ether oxygens (including phenoxy) is 2. The zero-order chi connectivity index (χ0) is 84.9. The maximum absolute atomic E-state index is 13.0. The Morgan fingerprint density at radius 2 is 0.738 bits per heavy atom. The number of para-hydroxylation sites is 1. The number of nitrogens with zero attached hydrogens (tertiary/aromatic N) is 9. The number of hydrogen-bond acceptors (Lipinski definition) is 9.